The molecule has 204 valence electrons. The van der Waals surface area contributed by atoms with Gasteiger partial charge in [-0.3, -0.25) is 4.90 Å². The molecule has 2 unspecified atom stereocenters. The second-order valence-corrected chi connectivity index (χ2v) is 10.1. The number of nitrogens with one attached hydrogen (secondary N) is 1. The van der Waals surface area contributed by atoms with E-state index in [4.69, 9.17) is 14.2 Å². The minimum absolute atomic E-state index is 0.0859. The van der Waals surface area contributed by atoms with E-state index in [1.165, 1.54) is 22.3 Å². The van der Waals surface area contributed by atoms with Crippen LogP contribution in [-0.2, 0) is 27.1 Å². The number of benzene rings is 2. The predicted molar refractivity (Wildman–Crippen MR) is 147 cm³/mol. The zero-order chi connectivity index (χ0) is 26.5. The molecule has 0 saturated carbocycles. The molecule has 0 bridgehead atoms. The van der Waals surface area contributed by atoms with Crippen LogP contribution in [0.5, 0.6) is 0 Å². The number of carbonyl (C=O) groups excluding carboxylic acids is 1. The Morgan fingerprint density at radius 2 is 1.63 bits per heavy atom. The minimum atomic E-state index is -0.303. The number of ether oxygens (including phenoxy) is 3. The number of piperazine rings is 1. The van der Waals surface area contributed by atoms with Gasteiger partial charge < -0.3 is 24.4 Å². The van der Waals surface area contributed by atoms with Crippen LogP contribution in [0.1, 0.15) is 55.2 Å². The van der Waals surface area contributed by atoms with Crippen molar-refractivity contribution >= 4 is 12.2 Å². The van der Waals surface area contributed by atoms with Gasteiger partial charge in [0.25, 0.3) is 0 Å². The van der Waals surface area contributed by atoms with Gasteiger partial charge in [-0.15, -0.1) is 0 Å². The zero-order valence-electron chi connectivity index (χ0n) is 22.8. The van der Waals surface area contributed by atoms with Gasteiger partial charge in [-0.25, -0.2) is 9.79 Å². The molecule has 38 heavy (non-hydrogen) atoms. The summed E-state index contributed by atoms with van der Waals surface area (Å²) in [6.07, 6.45) is 2.10. The molecule has 2 aromatic carbocycles. The normalized spacial score (nSPS) is 25.7. The second-order valence-electron chi connectivity index (χ2n) is 10.1. The Labute approximate surface area is 226 Å². The molecule has 1 amide bonds. The highest BCUT2D eigenvalue weighted by atomic mass is 16.7. The quantitative estimate of drug-likeness (QED) is 0.640. The highest BCUT2D eigenvalue weighted by molar-refractivity contribution is 5.70. The SMILES string of the molecule is CCOC(=O)NC1Cc2ccccc2[C@H]1N1CCN(CC)CC1.CCOC1=NC2Cc3ccccc3[C@@H]2O1. The van der Waals surface area contributed by atoms with Crippen molar-refractivity contribution in [1.82, 2.24) is 15.1 Å². The predicted octanol–water partition coefficient (Wildman–Crippen LogP) is 4.11. The van der Waals surface area contributed by atoms with Crippen molar-refractivity contribution in [3.63, 3.8) is 0 Å². The Morgan fingerprint density at radius 1 is 0.947 bits per heavy atom. The van der Waals surface area contributed by atoms with Gasteiger partial charge >= 0.3 is 12.2 Å². The number of hydrogen-bond acceptors (Lipinski definition) is 7. The number of alkyl carbamates (subject to hydrolysis) is 1. The fourth-order valence-corrected chi connectivity index (χ4v) is 6.10. The smallest absolute Gasteiger partial charge is 0.407 e. The van der Waals surface area contributed by atoms with Crippen LogP contribution in [0.3, 0.4) is 0 Å². The van der Waals surface area contributed by atoms with Gasteiger partial charge in [0, 0.05) is 26.2 Å². The van der Waals surface area contributed by atoms with E-state index >= 15 is 0 Å². The van der Waals surface area contributed by atoms with E-state index in [9.17, 15) is 4.79 Å². The van der Waals surface area contributed by atoms with E-state index in [1.807, 2.05) is 19.9 Å². The first-order chi connectivity index (χ1) is 18.6. The van der Waals surface area contributed by atoms with Crippen LogP contribution in [-0.4, -0.2) is 80.0 Å². The lowest BCUT2D eigenvalue weighted by atomic mass is 10.0. The first-order valence-electron chi connectivity index (χ1n) is 14.0. The molecule has 2 aromatic rings. The molecule has 4 atom stereocenters. The maximum Gasteiger partial charge on any atom is 0.407 e. The summed E-state index contributed by atoms with van der Waals surface area (Å²) >= 11 is 0. The molecule has 1 fully saturated rings. The molecular weight excluding hydrogens is 480 g/mol. The molecule has 0 spiro atoms. The van der Waals surface area contributed by atoms with Crippen LogP contribution in [0, 0.1) is 0 Å². The Hall–Kier alpha value is -3.10. The summed E-state index contributed by atoms with van der Waals surface area (Å²) in [7, 11) is 0. The van der Waals surface area contributed by atoms with Crippen molar-refractivity contribution in [2.45, 2.75) is 57.8 Å². The fraction of sp³-hybridized carbons (Fsp3) is 0.533. The van der Waals surface area contributed by atoms with Crippen molar-refractivity contribution in [2.24, 2.45) is 4.99 Å². The van der Waals surface area contributed by atoms with Gasteiger partial charge in [-0.1, -0.05) is 55.5 Å². The van der Waals surface area contributed by atoms with Crippen molar-refractivity contribution in [3.05, 3.63) is 70.8 Å². The van der Waals surface area contributed by atoms with E-state index < -0.39 is 0 Å². The second kappa shape index (κ2) is 12.2. The Balaban J connectivity index is 0.000000168. The lowest BCUT2D eigenvalue weighted by molar-refractivity contribution is 0.0821. The van der Waals surface area contributed by atoms with Crippen molar-refractivity contribution < 1.29 is 19.0 Å². The van der Waals surface area contributed by atoms with Crippen LogP contribution in [0.25, 0.3) is 0 Å². The van der Waals surface area contributed by atoms with Crippen LogP contribution in [0.4, 0.5) is 4.79 Å². The number of rotatable bonds is 5. The average molecular weight is 521 g/mol. The third-order valence-corrected chi connectivity index (χ3v) is 7.93. The van der Waals surface area contributed by atoms with Gasteiger partial charge in [0.2, 0.25) is 0 Å². The fourth-order valence-electron chi connectivity index (χ4n) is 6.10. The topological polar surface area (TPSA) is 75.6 Å². The first-order valence-corrected chi connectivity index (χ1v) is 14.0. The number of likely N-dealkylation sites (N-methyl/N-ethyl adjacent to an activating group) is 1. The van der Waals surface area contributed by atoms with Gasteiger partial charge in [0.15, 0.2) is 6.10 Å². The first kappa shape index (κ1) is 26.5. The maximum atomic E-state index is 11.9. The number of aliphatic imine (C=N–C) groups is 1. The van der Waals surface area contributed by atoms with E-state index in [0.29, 0.717) is 19.3 Å². The molecule has 0 radical (unpaired) electrons. The average Bonchev–Trinajstić information content (AvgIpc) is 3.60. The van der Waals surface area contributed by atoms with Crippen LogP contribution in [0.15, 0.2) is 53.5 Å². The number of amides is 1. The molecule has 8 nitrogen and oxygen atoms in total. The van der Waals surface area contributed by atoms with Gasteiger partial charge in [0.1, 0.15) is 6.04 Å². The molecular formula is C30H40N4O4. The number of carbonyl (C=O) groups is 1. The summed E-state index contributed by atoms with van der Waals surface area (Å²) < 4.78 is 16.1. The van der Waals surface area contributed by atoms with Gasteiger partial charge in [0.05, 0.1) is 25.3 Å². The summed E-state index contributed by atoms with van der Waals surface area (Å²) in [5.41, 5.74) is 5.32. The summed E-state index contributed by atoms with van der Waals surface area (Å²) in [5, 5.41) is 3.08. The molecule has 4 aliphatic rings. The van der Waals surface area contributed by atoms with E-state index in [2.05, 4.69) is 69.5 Å². The molecule has 1 saturated heterocycles. The van der Waals surface area contributed by atoms with E-state index in [1.54, 1.807) is 0 Å². The highest BCUT2D eigenvalue weighted by Gasteiger charge is 2.40. The van der Waals surface area contributed by atoms with Gasteiger partial charge in [-0.2, -0.15) is 0 Å². The molecule has 8 heteroatoms. The van der Waals surface area contributed by atoms with E-state index in [-0.39, 0.29) is 30.3 Å². The summed E-state index contributed by atoms with van der Waals surface area (Å²) in [6.45, 7) is 12.4. The van der Waals surface area contributed by atoms with Crippen LogP contribution in [0.2, 0.25) is 0 Å². The monoisotopic (exact) mass is 520 g/mol. The maximum absolute atomic E-state index is 11.9. The van der Waals surface area contributed by atoms with Crippen molar-refractivity contribution in [2.75, 3.05) is 45.9 Å². The molecule has 2 heterocycles. The van der Waals surface area contributed by atoms with E-state index in [0.717, 1.165) is 45.6 Å². The van der Waals surface area contributed by atoms with Crippen molar-refractivity contribution in [1.29, 1.82) is 0 Å². The van der Waals surface area contributed by atoms with Crippen LogP contribution < -0.4 is 5.32 Å². The number of nitrogens with zero attached hydrogens (tertiary/aromatic N) is 3. The summed E-state index contributed by atoms with van der Waals surface area (Å²) in [6, 6.07) is 17.5. The molecule has 6 rings (SSSR count). The Bertz CT molecular complexity index is 1130. The zero-order valence-corrected chi connectivity index (χ0v) is 22.8. The number of fused-ring (bicyclic) bond motifs is 4. The summed E-state index contributed by atoms with van der Waals surface area (Å²) in [4.78, 5) is 21.3. The molecule has 1 N–H and O–H groups in total. The lowest BCUT2D eigenvalue weighted by Crippen LogP contribution is -2.52. The third kappa shape index (κ3) is 5.66. The Morgan fingerprint density at radius 3 is 2.32 bits per heavy atom. The highest BCUT2D eigenvalue weighted by Crippen LogP contribution is 2.40. The Kier molecular flexibility index (Phi) is 8.49. The molecule has 2 aliphatic carbocycles. The lowest BCUT2D eigenvalue weighted by Gasteiger charge is -2.40. The molecule has 2 aliphatic heterocycles. The summed E-state index contributed by atoms with van der Waals surface area (Å²) in [5.74, 6) is 0. The largest absolute Gasteiger partial charge is 0.451 e. The molecule has 0 aromatic heterocycles. The van der Waals surface area contributed by atoms with Gasteiger partial charge in [-0.05, 0) is 55.5 Å². The van der Waals surface area contributed by atoms with Crippen LogP contribution >= 0.6 is 0 Å². The standard InChI is InChI=1S/C18H27N3O2.C12H13NO2/c1-3-20-9-11-21(12-10-20)17-15-8-6-5-7-14(15)13-16(17)19-18(22)23-4-2;1-2-14-12-13-10-7-8-5-3-4-6-9(8)11(10)15-12/h5-8,16-17H,3-4,9-13H2,1-2H3,(H,19,22);3-6,10-11H,2,7H2,1H3/t16?,17-;10?,11-/m10/s1. The minimum Gasteiger partial charge on any atom is -0.451 e. The van der Waals surface area contributed by atoms with Crippen molar-refractivity contribution in [3.8, 4) is 0 Å². The third-order valence-electron chi connectivity index (χ3n) is 7.93. The number of hydrogen-bond donors (Lipinski definition) is 1.